The number of carbonyl (C=O) groups is 1. The molecule has 0 radical (unpaired) electrons. The molecule has 1 amide bonds. The number of anilines is 1. The van der Waals surface area contributed by atoms with E-state index in [1.54, 1.807) is 16.7 Å². The number of amidine groups is 1. The highest BCUT2D eigenvalue weighted by atomic mass is 35.5. The molecule has 7 heteroatoms. The Morgan fingerprint density at radius 2 is 2.04 bits per heavy atom. The average Bonchev–Trinajstić information content (AvgIpc) is 3.09. The number of nitrogens with zero attached hydrogens (tertiary/aromatic N) is 3. The molecule has 3 rings (SSSR count). The number of rotatable bonds is 5. The molecule has 1 fully saturated rings. The number of thioether (sulfide) groups is 2. The fraction of sp³-hybridized carbons (Fsp3) is 0.412. The fourth-order valence-corrected chi connectivity index (χ4v) is 5.06. The number of fused-ring (bicyclic) bond motifs is 1. The summed E-state index contributed by atoms with van der Waals surface area (Å²) in [7, 11) is 2.01. The van der Waals surface area contributed by atoms with Crippen molar-refractivity contribution in [2.75, 3.05) is 30.9 Å². The number of hydrogen-bond acceptors (Lipinski definition) is 5. The minimum atomic E-state index is 0.0592. The van der Waals surface area contributed by atoms with Gasteiger partial charge < -0.3 is 4.90 Å². The zero-order valence-electron chi connectivity index (χ0n) is 13.8. The third-order valence-corrected chi connectivity index (χ3v) is 6.50. The van der Waals surface area contributed by atoms with E-state index >= 15 is 0 Å². The van der Waals surface area contributed by atoms with Crippen LogP contribution in [0.25, 0.3) is 0 Å². The van der Waals surface area contributed by atoms with E-state index in [1.807, 2.05) is 19.2 Å². The Balaban J connectivity index is 1.93. The van der Waals surface area contributed by atoms with Crippen molar-refractivity contribution in [1.82, 2.24) is 4.90 Å². The van der Waals surface area contributed by atoms with Crippen LogP contribution in [0.4, 0.5) is 5.69 Å². The number of alkyl halides is 1. The van der Waals surface area contributed by atoms with Crippen molar-refractivity contribution in [3.05, 3.63) is 34.2 Å². The van der Waals surface area contributed by atoms with Gasteiger partial charge in [-0.15, -0.1) is 11.6 Å². The van der Waals surface area contributed by atoms with Crippen LogP contribution in [0.2, 0.25) is 0 Å². The molecule has 1 aromatic rings. The molecule has 0 aliphatic carbocycles. The Hall–Kier alpha value is -1.11. The number of benzene rings is 1. The van der Waals surface area contributed by atoms with Crippen LogP contribution in [0.1, 0.15) is 19.8 Å². The predicted molar refractivity (Wildman–Crippen MR) is 105 cm³/mol. The van der Waals surface area contributed by atoms with Crippen molar-refractivity contribution in [3.8, 4) is 0 Å². The zero-order chi connectivity index (χ0) is 17.1. The summed E-state index contributed by atoms with van der Waals surface area (Å²) in [6, 6.07) is 8.22. The summed E-state index contributed by atoms with van der Waals surface area (Å²) in [6.45, 7) is 3.37. The van der Waals surface area contributed by atoms with Gasteiger partial charge in [-0.1, -0.05) is 37.2 Å². The van der Waals surface area contributed by atoms with Crippen molar-refractivity contribution in [2.24, 2.45) is 4.99 Å². The van der Waals surface area contributed by atoms with Gasteiger partial charge in [-0.25, -0.2) is 0 Å². The third-order valence-electron chi connectivity index (χ3n) is 3.86. The van der Waals surface area contributed by atoms with Gasteiger partial charge in [0.25, 0.3) is 5.91 Å². The standard InChI is InChI=1S/C17H20ClN3OS2/c1-3-4-11-21-15(22)14(24-17(21)19-10-9-18)16-20(2)12-7-5-6-8-13(12)23-16/h5-8H,3-4,9-11H2,1-2H3. The first kappa shape index (κ1) is 17.7. The quantitative estimate of drug-likeness (QED) is 0.560. The molecule has 0 atom stereocenters. The Kier molecular flexibility index (Phi) is 5.79. The Bertz CT molecular complexity index is 705. The molecule has 0 bridgehead atoms. The van der Waals surface area contributed by atoms with E-state index < -0.39 is 0 Å². The van der Waals surface area contributed by atoms with Gasteiger partial charge in [-0.3, -0.25) is 14.7 Å². The van der Waals surface area contributed by atoms with Gasteiger partial charge in [0.2, 0.25) is 0 Å². The first-order valence-corrected chi connectivity index (χ1v) is 10.2. The lowest BCUT2D eigenvalue weighted by atomic mass is 10.3. The van der Waals surface area contributed by atoms with E-state index in [4.69, 9.17) is 11.6 Å². The second-order valence-electron chi connectivity index (χ2n) is 5.53. The molecule has 0 N–H and O–H groups in total. The van der Waals surface area contributed by atoms with Crippen LogP contribution in [0.5, 0.6) is 0 Å². The molecule has 24 heavy (non-hydrogen) atoms. The normalized spacial score (nSPS) is 22.0. The molecule has 1 saturated heterocycles. The van der Waals surface area contributed by atoms with Gasteiger partial charge in [-0.05, 0) is 30.3 Å². The minimum absolute atomic E-state index is 0.0592. The largest absolute Gasteiger partial charge is 0.337 e. The van der Waals surface area contributed by atoms with Crippen LogP contribution in [0.3, 0.4) is 0 Å². The topological polar surface area (TPSA) is 35.9 Å². The molecule has 2 aliphatic heterocycles. The lowest BCUT2D eigenvalue weighted by Gasteiger charge is -2.16. The Morgan fingerprint density at radius 3 is 2.75 bits per heavy atom. The molecular formula is C17H20ClN3OS2. The maximum atomic E-state index is 13.0. The zero-order valence-corrected chi connectivity index (χ0v) is 16.2. The van der Waals surface area contributed by atoms with E-state index in [2.05, 4.69) is 28.9 Å². The molecule has 0 spiro atoms. The molecular weight excluding hydrogens is 362 g/mol. The summed E-state index contributed by atoms with van der Waals surface area (Å²) in [5, 5.41) is 1.77. The molecule has 0 unspecified atom stereocenters. The number of amides is 1. The molecule has 0 aromatic heterocycles. The second kappa shape index (κ2) is 7.85. The van der Waals surface area contributed by atoms with Crippen LogP contribution >= 0.6 is 35.1 Å². The van der Waals surface area contributed by atoms with Crippen LogP contribution in [0.15, 0.2) is 44.1 Å². The van der Waals surface area contributed by atoms with Crippen molar-refractivity contribution in [1.29, 1.82) is 0 Å². The Morgan fingerprint density at radius 1 is 1.25 bits per heavy atom. The smallest absolute Gasteiger partial charge is 0.269 e. The van der Waals surface area contributed by atoms with E-state index in [0.717, 1.165) is 33.6 Å². The lowest BCUT2D eigenvalue weighted by Crippen LogP contribution is -2.31. The van der Waals surface area contributed by atoms with Gasteiger partial charge in [0.05, 0.1) is 17.3 Å². The van der Waals surface area contributed by atoms with Gasteiger partial charge in [0, 0.05) is 24.4 Å². The first-order chi connectivity index (χ1) is 11.7. The number of para-hydroxylation sites is 1. The van der Waals surface area contributed by atoms with Crippen molar-refractivity contribution in [2.45, 2.75) is 24.7 Å². The number of unbranched alkanes of at least 4 members (excludes halogenated alkanes) is 1. The van der Waals surface area contributed by atoms with E-state index in [9.17, 15) is 4.79 Å². The number of aliphatic imine (C=N–C) groups is 1. The molecule has 2 aliphatic rings. The summed E-state index contributed by atoms with van der Waals surface area (Å²) >= 11 is 8.90. The summed E-state index contributed by atoms with van der Waals surface area (Å²) in [4.78, 5) is 23.3. The number of carbonyl (C=O) groups excluding carboxylic acids is 1. The minimum Gasteiger partial charge on any atom is -0.337 e. The van der Waals surface area contributed by atoms with E-state index in [-0.39, 0.29) is 5.91 Å². The third kappa shape index (κ3) is 3.32. The van der Waals surface area contributed by atoms with Crippen molar-refractivity contribution < 1.29 is 4.79 Å². The summed E-state index contributed by atoms with van der Waals surface area (Å²) in [5.41, 5.74) is 1.14. The summed E-state index contributed by atoms with van der Waals surface area (Å²) in [6.07, 6.45) is 2.02. The highest BCUT2D eigenvalue weighted by molar-refractivity contribution is 8.19. The van der Waals surface area contributed by atoms with Gasteiger partial charge in [-0.2, -0.15) is 0 Å². The number of halogens is 1. The van der Waals surface area contributed by atoms with Crippen molar-refractivity contribution in [3.63, 3.8) is 0 Å². The van der Waals surface area contributed by atoms with Gasteiger partial charge in [0.1, 0.15) is 4.91 Å². The monoisotopic (exact) mass is 381 g/mol. The van der Waals surface area contributed by atoms with E-state index in [1.165, 1.54) is 16.7 Å². The van der Waals surface area contributed by atoms with Gasteiger partial charge >= 0.3 is 0 Å². The average molecular weight is 382 g/mol. The second-order valence-corrected chi connectivity index (χ2v) is 7.91. The molecule has 2 heterocycles. The van der Waals surface area contributed by atoms with Crippen LogP contribution in [-0.4, -0.2) is 42.0 Å². The first-order valence-electron chi connectivity index (χ1n) is 8.02. The molecule has 1 aromatic carbocycles. The summed E-state index contributed by atoms with van der Waals surface area (Å²) in [5.74, 6) is 0.523. The lowest BCUT2D eigenvalue weighted by molar-refractivity contribution is -0.122. The molecule has 128 valence electrons. The SMILES string of the molecule is CCCCN1C(=O)C(=C2Sc3ccccc3N2C)SC1=NCCCl. The van der Waals surface area contributed by atoms with E-state index in [0.29, 0.717) is 19.0 Å². The van der Waals surface area contributed by atoms with Crippen LogP contribution in [0, 0.1) is 0 Å². The molecule has 0 saturated carbocycles. The highest BCUT2D eigenvalue weighted by Gasteiger charge is 2.38. The fourth-order valence-electron chi connectivity index (χ4n) is 2.60. The Labute approximate surface area is 156 Å². The number of hydrogen-bond donors (Lipinski definition) is 0. The van der Waals surface area contributed by atoms with Gasteiger partial charge in [0.15, 0.2) is 5.17 Å². The maximum absolute atomic E-state index is 13.0. The maximum Gasteiger partial charge on any atom is 0.269 e. The molecule has 4 nitrogen and oxygen atoms in total. The van der Waals surface area contributed by atoms with Crippen LogP contribution < -0.4 is 4.90 Å². The van der Waals surface area contributed by atoms with Crippen LogP contribution in [-0.2, 0) is 4.79 Å². The predicted octanol–water partition coefficient (Wildman–Crippen LogP) is 4.37. The summed E-state index contributed by atoms with van der Waals surface area (Å²) < 4.78 is 0. The van der Waals surface area contributed by atoms with Crippen molar-refractivity contribution >= 4 is 51.9 Å². The highest BCUT2D eigenvalue weighted by Crippen LogP contribution is 2.49.